The SMILES string of the molecule is CCc1ccc([C@H](C)NC(=O)COC(=O)COc2cc(C)cc(C)c2)cc1. The molecule has 0 radical (unpaired) electrons. The van der Waals surface area contributed by atoms with Crippen LogP contribution in [0.15, 0.2) is 42.5 Å². The Morgan fingerprint density at radius 1 is 1.00 bits per heavy atom. The quantitative estimate of drug-likeness (QED) is 0.721. The van der Waals surface area contributed by atoms with Crippen LogP contribution in [0.5, 0.6) is 5.75 Å². The molecule has 0 heterocycles. The van der Waals surface area contributed by atoms with Crippen molar-refractivity contribution in [2.75, 3.05) is 13.2 Å². The third-order valence-electron chi connectivity index (χ3n) is 4.18. The minimum absolute atomic E-state index is 0.159. The van der Waals surface area contributed by atoms with E-state index in [9.17, 15) is 9.59 Å². The number of hydrogen-bond acceptors (Lipinski definition) is 4. The second-order valence-corrected chi connectivity index (χ2v) is 6.66. The molecule has 0 unspecified atom stereocenters. The van der Waals surface area contributed by atoms with Gasteiger partial charge in [-0.1, -0.05) is 37.3 Å². The van der Waals surface area contributed by atoms with E-state index in [-0.39, 0.29) is 25.2 Å². The topological polar surface area (TPSA) is 64.6 Å². The van der Waals surface area contributed by atoms with Crippen molar-refractivity contribution in [3.8, 4) is 5.75 Å². The largest absolute Gasteiger partial charge is 0.482 e. The van der Waals surface area contributed by atoms with Crippen LogP contribution in [0.25, 0.3) is 0 Å². The fourth-order valence-electron chi connectivity index (χ4n) is 2.75. The summed E-state index contributed by atoms with van der Waals surface area (Å²) in [5, 5.41) is 2.82. The van der Waals surface area contributed by atoms with Crippen LogP contribution in [0.3, 0.4) is 0 Å². The summed E-state index contributed by atoms with van der Waals surface area (Å²) in [5.41, 5.74) is 4.36. The number of carbonyl (C=O) groups excluding carboxylic acids is 2. The number of carbonyl (C=O) groups is 2. The zero-order chi connectivity index (χ0) is 19.8. The number of hydrogen-bond donors (Lipinski definition) is 1. The molecule has 2 aromatic rings. The second-order valence-electron chi connectivity index (χ2n) is 6.66. The van der Waals surface area contributed by atoms with Gasteiger partial charge in [0, 0.05) is 0 Å². The fourth-order valence-corrected chi connectivity index (χ4v) is 2.75. The Morgan fingerprint density at radius 2 is 1.63 bits per heavy atom. The summed E-state index contributed by atoms with van der Waals surface area (Å²) in [6.07, 6.45) is 0.973. The lowest BCUT2D eigenvalue weighted by Crippen LogP contribution is -2.31. The maximum Gasteiger partial charge on any atom is 0.344 e. The molecular weight excluding hydrogens is 342 g/mol. The molecule has 0 aliphatic rings. The molecule has 5 heteroatoms. The van der Waals surface area contributed by atoms with Crippen LogP contribution in [0.2, 0.25) is 0 Å². The number of nitrogens with one attached hydrogen (secondary N) is 1. The van der Waals surface area contributed by atoms with E-state index in [0.717, 1.165) is 23.1 Å². The lowest BCUT2D eigenvalue weighted by molar-refractivity contribution is -0.150. The molecule has 2 rings (SSSR count). The highest BCUT2D eigenvalue weighted by molar-refractivity contribution is 5.81. The van der Waals surface area contributed by atoms with Crippen molar-refractivity contribution >= 4 is 11.9 Å². The number of amides is 1. The summed E-state index contributed by atoms with van der Waals surface area (Å²) in [7, 11) is 0. The molecule has 0 aliphatic heterocycles. The summed E-state index contributed by atoms with van der Waals surface area (Å²) in [5.74, 6) is -0.316. The van der Waals surface area contributed by atoms with Gasteiger partial charge in [-0.25, -0.2) is 4.79 Å². The van der Waals surface area contributed by atoms with Crippen molar-refractivity contribution in [3.05, 3.63) is 64.7 Å². The highest BCUT2D eigenvalue weighted by atomic mass is 16.6. The highest BCUT2D eigenvalue weighted by Crippen LogP contribution is 2.16. The van der Waals surface area contributed by atoms with Gasteiger partial charge in [0.2, 0.25) is 0 Å². The first-order valence-corrected chi connectivity index (χ1v) is 9.12. The Morgan fingerprint density at radius 3 is 2.22 bits per heavy atom. The van der Waals surface area contributed by atoms with E-state index in [1.807, 2.05) is 63.2 Å². The lowest BCUT2D eigenvalue weighted by atomic mass is 10.1. The molecule has 0 saturated carbocycles. The zero-order valence-corrected chi connectivity index (χ0v) is 16.4. The highest BCUT2D eigenvalue weighted by Gasteiger charge is 2.12. The van der Waals surface area contributed by atoms with Crippen molar-refractivity contribution in [1.29, 1.82) is 0 Å². The molecule has 0 aliphatic carbocycles. The van der Waals surface area contributed by atoms with Crippen LogP contribution in [-0.2, 0) is 20.7 Å². The van der Waals surface area contributed by atoms with Crippen molar-refractivity contribution in [2.45, 2.75) is 40.2 Å². The summed E-state index contributed by atoms with van der Waals surface area (Å²) < 4.78 is 10.4. The second kappa shape index (κ2) is 9.76. The fraction of sp³-hybridized carbons (Fsp3) is 0.364. The maximum absolute atomic E-state index is 12.0. The summed E-state index contributed by atoms with van der Waals surface area (Å²) in [6.45, 7) is 7.35. The first kappa shape index (κ1) is 20.5. The van der Waals surface area contributed by atoms with Gasteiger partial charge in [-0.2, -0.15) is 0 Å². The Labute approximate surface area is 160 Å². The van der Waals surface area contributed by atoms with Crippen LogP contribution < -0.4 is 10.1 Å². The monoisotopic (exact) mass is 369 g/mol. The molecule has 1 amide bonds. The first-order chi connectivity index (χ1) is 12.9. The summed E-state index contributed by atoms with van der Waals surface area (Å²) >= 11 is 0. The van der Waals surface area contributed by atoms with Gasteiger partial charge in [0.05, 0.1) is 6.04 Å². The first-order valence-electron chi connectivity index (χ1n) is 9.12. The average Bonchev–Trinajstić information content (AvgIpc) is 2.64. The Hall–Kier alpha value is -2.82. The van der Waals surface area contributed by atoms with E-state index in [4.69, 9.17) is 9.47 Å². The van der Waals surface area contributed by atoms with Crippen molar-refractivity contribution in [1.82, 2.24) is 5.32 Å². The van der Waals surface area contributed by atoms with Gasteiger partial charge in [0.25, 0.3) is 5.91 Å². The normalized spacial score (nSPS) is 11.6. The van der Waals surface area contributed by atoms with Crippen molar-refractivity contribution in [3.63, 3.8) is 0 Å². The van der Waals surface area contributed by atoms with Crippen molar-refractivity contribution in [2.24, 2.45) is 0 Å². The third-order valence-corrected chi connectivity index (χ3v) is 4.18. The van der Waals surface area contributed by atoms with Gasteiger partial charge >= 0.3 is 5.97 Å². The van der Waals surface area contributed by atoms with Crippen LogP contribution in [-0.4, -0.2) is 25.1 Å². The molecule has 144 valence electrons. The molecule has 0 fully saturated rings. The predicted octanol–water partition coefficient (Wildman–Crippen LogP) is 3.67. The van der Waals surface area contributed by atoms with E-state index < -0.39 is 5.97 Å². The Balaban J connectivity index is 1.74. The van der Waals surface area contributed by atoms with Gasteiger partial charge in [-0.3, -0.25) is 4.79 Å². The van der Waals surface area contributed by atoms with Crippen LogP contribution >= 0.6 is 0 Å². The summed E-state index contributed by atoms with van der Waals surface area (Å²) in [6, 6.07) is 13.6. The Bertz CT molecular complexity index is 763. The predicted molar refractivity (Wildman–Crippen MR) is 105 cm³/mol. The molecule has 0 aromatic heterocycles. The van der Waals surface area contributed by atoms with Crippen LogP contribution in [0.1, 0.15) is 42.1 Å². The molecule has 0 spiro atoms. The number of esters is 1. The van der Waals surface area contributed by atoms with E-state index in [0.29, 0.717) is 5.75 Å². The molecule has 5 nitrogen and oxygen atoms in total. The molecular formula is C22H27NO4. The van der Waals surface area contributed by atoms with Gasteiger partial charge in [0.15, 0.2) is 13.2 Å². The van der Waals surface area contributed by atoms with Gasteiger partial charge in [-0.15, -0.1) is 0 Å². The molecule has 0 bridgehead atoms. The number of ether oxygens (including phenoxy) is 2. The zero-order valence-electron chi connectivity index (χ0n) is 16.4. The standard InChI is InChI=1S/C22H27NO4/c1-5-18-6-8-19(9-7-18)17(4)23-21(24)13-27-22(25)14-26-20-11-15(2)10-16(3)12-20/h6-12,17H,5,13-14H2,1-4H3,(H,23,24)/t17-/m0/s1. The number of aryl methyl sites for hydroxylation is 3. The lowest BCUT2D eigenvalue weighted by Gasteiger charge is -2.15. The number of rotatable bonds is 8. The van der Waals surface area contributed by atoms with E-state index in [1.54, 1.807) is 0 Å². The van der Waals surface area contributed by atoms with Gasteiger partial charge in [0.1, 0.15) is 5.75 Å². The Kier molecular flexibility index (Phi) is 7.41. The van der Waals surface area contributed by atoms with Crippen molar-refractivity contribution < 1.29 is 19.1 Å². The van der Waals surface area contributed by atoms with E-state index in [2.05, 4.69) is 12.2 Å². The average molecular weight is 369 g/mol. The third kappa shape index (κ3) is 6.77. The molecule has 27 heavy (non-hydrogen) atoms. The van der Waals surface area contributed by atoms with Gasteiger partial charge < -0.3 is 14.8 Å². The minimum atomic E-state index is -0.579. The maximum atomic E-state index is 12.0. The number of benzene rings is 2. The molecule has 2 aromatic carbocycles. The van der Waals surface area contributed by atoms with Crippen LogP contribution in [0, 0.1) is 13.8 Å². The molecule has 1 N–H and O–H groups in total. The minimum Gasteiger partial charge on any atom is -0.482 e. The van der Waals surface area contributed by atoms with E-state index in [1.165, 1.54) is 5.56 Å². The van der Waals surface area contributed by atoms with Crippen LogP contribution in [0.4, 0.5) is 0 Å². The van der Waals surface area contributed by atoms with Gasteiger partial charge in [-0.05, 0) is 61.6 Å². The molecule has 0 saturated heterocycles. The molecule has 1 atom stereocenters. The van der Waals surface area contributed by atoms with E-state index >= 15 is 0 Å². The summed E-state index contributed by atoms with van der Waals surface area (Å²) in [4.78, 5) is 23.8. The smallest absolute Gasteiger partial charge is 0.344 e.